The van der Waals surface area contributed by atoms with Gasteiger partial charge in [0, 0.05) is 21.2 Å². The molecule has 0 saturated heterocycles. The van der Waals surface area contributed by atoms with Crippen LogP contribution in [0.4, 0.5) is 5.69 Å². The van der Waals surface area contributed by atoms with Gasteiger partial charge in [-0.3, -0.25) is 0 Å². The Balaban J connectivity index is 1.86. The minimum Gasteiger partial charge on any atom is -0.376 e. The molecule has 0 bridgehead atoms. The highest BCUT2D eigenvalue weighted by atomic mass is 32.2. The van der Waals surface area contributed by atoms with Crippen LogP contribution in [0.1, 0.15) is 11.6 Å². The SMILES string of the molecule is CSc1ccccc1NC1CSc2ccccc21. The molecule has 0 amide bonds. The molecule has 3 heteroatoms. The minimum atomic E-state index is 0.430. The first-order valence-electron chi connectivity index (χ1n) is 6.00. The molecule has 0 radical (unpaired) electrons. The number of fused-ring (bicyclic) bond motifs is 1. The second kappa shape index (κ2) is 5.29. The van der Waals surface area contributed by atoms with E-state index < -0.39 is 0 Å². The highest BCUT2D eigenvalue weighted by molar-refractivity contribution is 7.99. The van der Waals surface area contributed by atoms with E-state index >= 15 is 0 Å². The number of anilines is 1. The van der Waals surface area contributed by atoms with Crippen molar-refractivity contribution in [3.8, 4) is 0 Å². The zero-order chi connectivity index (χ0) is 12.4. The van der Waals surface area contributed by atoms with Gasteiger partial charge in [-0.1, -0.05) is 30.3 Å². The lowest BCUT2D eigenvalue weighted by atomic mass is 10.1. The monoisotopic (exact) mass is 273 g/mol. The average molecular weight is 273 g/mol. The van der Waals surface area contributed by atoms with Gasteiger partial charge in [-0.05, 0) is 30.0 Å². The van der Waals surface area contributed by atoms with Gasteiger partial charge in [0.2, 0.25) is 0 Å². The smallest absolute Gasteiger partial charge is 0.0619 e. The van der Waals surface area contributed by atoms with Crippen molar-refractivity contribution in [2.24, 2.45) is 0 Å². The quantitative estimate of drug-likeness (QED) is 0.816. The van der Waals surface area contributed by atoms with Crippen molar-refractivity contribution in [2.45, 2.75) is 15.8 Å². The molecule has 0 aliphatic carbocycles. The van der Waals surface area contributed by atoms with Crippen LogP contribution in [0.5, 0.6) is 0 Å². The lowest BCUT2D eigenvalue weighted by Gasteiger charge is -2.17. The van der Waals surface area contributed by atoms with Crippen LogP contribution < -0.4 is 5.32 Å². The largest absolute Gasteiger partial charge is 0.376 e. The molecule has 2 aromatic carbocycles. The first kappa shape index (κ1) is 12.0. The second-order valence-corrected chi connectivity index (χ2v) is 6.16. The Kier molecular flexibility index (Phi) is 3.52. The molecule has 0 saturated carbocycles. The van der Waals surface area contributed by atoms with Crippen molar-refractivity contribution >= 4 is 29.2 Å². The molecule has 0 fully saturated rings. The van der Waals surface area contributed by atoms with E-state index in [9.17, 15) is 0 Å². The minimum absolute atomic E-state index is 0.430. The summed E-state index contributed by atoms with van der Waals surface area (Å²) in [6, 6.07) is 17.6. The van der Waals surface area contributed by atoms with E-state index in [1.807, 2.05) is 11.8 Å². The van der Waals surface area contributed by atoms with Gasteiger partial charge in [-0.2, -0.15) is 0 Å². The molecule has 1 N–H and O–H groups in total. The van der Waals surface area contributed by atoms with Gasteiger partial charge in [0.05, 0.1) is 6.04 Å². The van der Waals surface area contributed by atoms with Crippen molar-refractivity contribution < 1.29 is 0 Å². The van der Waals surface area contributed by atoms with E-state index in [1.54, 1.807) is 11.8 Å². The summed E-state index contributed by atoms with van der Waals surface area (Å²) in [6.07, 6.45) is 2.12. The lowest BCUT2D eigenvalue weighted by Crippen LogP contribution is -2.10. The van der Waals surface area contributed by atoms with Crippen LogP contribution in [0.25, 0.3) is 0 Å². The highest BCUT2D eigenvalue weighted by Crippen LogP contribution is 2.40. The van der Waals surface area contributed by atoms with Gasteiger partial charge in [-0.25, -0.2) is 0 Å². The molecule has 1 aliphatic rings. The number of nitrogens with one attached hydrogen (secondary N) is 1. The zero-order valence-electron chi connectivity index (χ0n) is 10.2. The number of para-hydroxylation sites is 1. The second-order valence-electron chi connectivity index (χ2n) is 4.25. The normalized spacial score (nSPS) is 17.5. The zero-order valence-corrected chi connectivity index (χ0v) is 11.9. The topological polar surface area (TPSA) is 12.0 Å². The molecule has 1 atom stereocenters. The summed E-state index contributed by atoms with van der Waals surface area (Å²) >= 11 is 3.73. The Morgan fingerprint density at radius 2 is 1.89 bits per heavy atom. The van der Waals surface area contributed by atoms with Crippen LogP contribution in [-0.2, 0) is 0 Å². The van der Waals surface area contributed by atoms with Crippen LogP contribution in [-0.4, -0.2) is 12.0 Å². The molecule has 0 spiro atoms. The molecular weight excluding hydrogens is 258 g/mol. The fourth-order valence-corrected chi connectivity index (χ4v) is 3.96. The van der Waals surface area contributed by atoms with Crippen molar-refractivity contribution in [3.05, 3.63) is 54.1 Å². The maximum absolute atomic E-state index is 3.67. The summed E-state index contributed by atoms with van der Waals surface area (Å²) in [4.78, 5) is 2.73. The van der Waals surface area contributed by atoms with E-state index in [-0.39, 0.29) is 0 Å². The van der Waals surface area contributed by atoms with Crippen molar-refractivity contribution in [1.29, 1.82) is 0 Å². The van der Waals surface area contributed by atoms with Gasteiger partial charge < -0.3 is 5.32 Å². The Labute approximate surface area is 116 Å². The van der Waals surface area contributed by atoms with Crippen molar-refractivity contribution in [1.82, 2.24) is 0 Å². The van der Waals surface area contributed by atoms with Gasteiger partial charge in [0.1, 0.15) is 0 Å². The number of hydrogen-bond acceptors (Lipinski definition) is 3. The number of thioether (sulfide) groups is 2. The summed E-state index contributed by atoms with van der Waals surface area (Å²) in [5.41, 5.74) is 2.67. The van der Waals surface area contributed by atoms with Crippen LogP contribution in [0.15, 0.2) is 58.3 Å². The Bertz CT molecular complexity index is 554. The Hall–Kier alpha value is -1.06. The van der Waals surface area contributed by atoms with Crippen molar-refractivity contribution in [3.63, 3.8) is 0 Å². The summed E-state index contributed by atoms with van der Waals surface area (Å²) in [6.45, 7) is 0. The van der Waals surface area contributed by atoms with Crippen LogP contribution in [0.3, 0.4) is 0 Å². The molecule has 1 unspecified atom stereocenters. The molecule has 18 heavy (non-hydrogen) atoms. The fourth-order valence-electron chi connectivity index (χ4n) is 2.23. The van der Waals surface area contributed by atoms with Crippen LogP contribution in [0.2, 0.25) is 0 Å². The van der Waals surface area contributed by atoms with Gasteiger partial charge in [-0.15, -0.1) is 23.5 Å². The van der Waals surface area contributed by atoms with E-state index in [1.165, 1.54) is 21.0 Å². The van der Waals surface area contributed by atoms with E-state index in [0.29, 0.717) is 6.04 Å². The molecule has 1 nitrogen and oxygen atoms in total. The molecule has 1 aliphatic heterocycles. The van der Waals surface area contributed by atoms with Gasteiger partial charge in [0.25, 0.3) is 0 Å². The van der Waals surface area contributed by atoms with E-state index in [2.05, 4.69) is 60.1 Å². The number of hydrogen-bond donors (Lipinski definition) is 1. The van der Waals surface area contributed by atoms with Gasteiger partial charge in [0.15, 0.2) is 0 Å². The maximum Gasteiger partial charge on any atom is 0.0619 e. The first-order chi connectivity index (χ1) is 8.88. The summed E-state index contributed by atoms with van der Waals surface area (Å²) in [5.74, 6) is 1.11. The maximum atomic E-state index is 3.67. The van der Waals surface area contributed by atoms with Crippen LogP contribution in [0, 0.1) is 0 Å². The molecule has 92 valence electrons. The number of rotatable bonds is 3. The Morgan fingerprint density at radius 3 is 2.78 bits per heavy atom. The average Bonchev–Trinajstić information content (AvgIpc) is 2.83. The molecule has 1 heterocycles. The predicted molar refractivity (Wildman–Crippen MR) is 81.8 cm³/mol. The highest BCUT2D eigenvalue weighted by Gasteiger charge is 2.22. The third-order valence-corrected chi connectivity index (χ3v) is 5.12. The summed E-state index contributed by atoms with van der Waals surface area (Å²) in [7, 11) is 0. The first-order valence-corrected chi connectivity index (χ1v) is 8.21. The fraction of sp³-hybridized carbons (Fsp3) is 0.200. The molecular formula is C15H15NS2. The summed E-state index contributed by atoms with van der Waals surface area (Å²) < 4.78 is 0. The summed E-state index contributed by atoms with van der Waals surface area (Å²) in [5, 5.41) is 3.67. The van der Waals surface area contributed by atoms with Crippen molar-refractivity contribution in [2.75, 3.05) is 17.3 Å². The molecule has 2 aromatic rings. The van der Waals surface area contributed by atoms with E-state index in [0.717, 1.165) is 5.75 Å². The molecule has 0 aromatic heterocycles. The number of benzene rings is 2. The van der Waals surface area contributed by atoms with E-state index in [4.69, 9.17) is 0 Å². The standard InChI is InChI=1S/C15H15NS2/c1-17-15-9-5-3-7-12(15)16-13-10-18-14-8-4-2-6-11(13)14/h2-9,13,16H,10H2,1H3. The van der Waals surface area contributed by atoms with Gasteiger partial charge >= 0.3 is 0 Å². The lowest BCUT2D eigenvalue weighted by molar-refractivity contribution is 0.894. The predicted octanol–water partition coefficient (Wildman–Crippen LogP) is 4.67. The Morgan fingerprint density at radius 1 is 1.11 bits per heavy atom. The molecule has 3 rings (SSSR count). The van der Waals surface area contributed by atoms with Crippen LogP contribution >= 0.6 is 23.5 Å². The third-order valence-electron chi connectivity index (χ3n) is 3.14. The third kappa shape index (κ3) is 2.25.